The fourth-order valence-electron chi connectivity index (χ4n) is 2.50. The highest BCUT2D eigenvalue weighted by atomic mass is 15.2. The van der Waals surface area contributed by atoms with Gasteiger partial charge in [-0.05, 0) is 30.4 Å². The summed E-state index contributed by atoms with van der Waals surface area (Å²) < 4.78 is 0. The Hall–Kier alpha value is -1.18. The second-order valence-corrected chi connectivity index (χ2v) is 6.13. The Kier molecular flexibility index (Phi) is 3.07. The summed E-state index contributed by atoms with van der Waals surface area (Å²) in [5.74, 6) is 0. The first-order valence-electron chi connectivity index (χ1n) is 6.51. The molecule has 1 N–H and O–H groups in total. The van der Waals surface area contributed by atoms with Crippen LogP contribution < -0.4 is 10.2 Å². The molecule has 2 nitrogen and oxygen atoms in total. The summed E-state index contributed by atoms with van der Waals surface area (Å²) >= 11 is 0. The molecule has 0 spiro atoms. The number of nitrogens with one attached hydrogen (secondary N) is 1. The number of fused-ring (bicyclic) bond motifs is 1. The molecule has 1 unspecified atom stereocenters. The molecule has 1 aromatic carbocycles. The lowest BCUT2D eigenvalue weighted by Gasteiger charge is -2.32. The quantitative estimate of drug-likeness (QED) is 0.735. The highest BCUT2D eigenvalue weighted by Gasteiger charge is 2.25. The van der Waals surface area contributed by atoms with E-state index >= 15 is 0 Å². The summed E-state index contributed by atoms with van der Waals surface area (Å²) in [6.07, 6.45) is 1.19. The summed E-state index contributed by atoms with van der Waals surface area (Å²) in [5.41, 5.74) is 4.28. The van der Waals surface area contributed by atoms with E-state index in [1.54, 1.807) is 0 Å². The van der Waals surface area contributed by atoms with Crippen molar-refractivity contribution < 1.29 is 0 Å². The van der Waals surface area contributed by atoms with E-state index in [2.05, 4.69) is 63.2 Å². The Morgan fingerprint density at radius 2 is 2.00 bits per heavy atom. The van der Waals surface area contributed by atoms with Gasteiger partial charge in [0, 0.05) is 19.6 Å². The lowest BCUT2D eigenvalue weighted by Crippen LogP contribution is -2.30. The molecule has 0 saturated carbocycles. The maximum Gasteiger partial charge on any atom is 0.0639 e. The number of nitrogens with zero attached hydrogens (tertiary/aromatic N) is 1. The Morgan fingerprint density at radius 1 is 1.29 bits per heavy atom. The van der Waals surface area contributed by atoms with Crippen molar-refractivity contribution in [1.82, 2.24) is 0 Å². The minimum Gasteiger partial charge on any atom is -0.383 e. The molecule has 94 valence electrons. The molecular weight excluding hydrogens is 208 g/mol. The van der Waals surface area contributed by atoms with E-state index in [1.165, 1.54) is 23.4 Å². The number of anilines is 2. The van der Waals surface area contributed by atoms with Crippen LogP contribution in [0.25, 0.3) is 0 Å². The van der Waals surface area contributed by atoms with Gasteiger partial charge in [-0.25, -0.2) is 0 Å². The van der Waals surface area contributed by atoms with Gasteiger partial charge in [-0.3, -0.25) is 0 Å². The summed E-state index contributed by atoms with van der Waals surface area (Å²) in [5, 5.41) is 3.56. The molecule has 0 aromatic heterocycles. The highest BCUT2D eigenvalue weighted by molar-refractivity contribution is 5.75. The van der Waals surface area contributed by atoms with Crippen molar-refractivity contribution in [3.05, 3.63) is 23.8 Å². The molecule has 0 saturated heterocycles. The standard InChI is InChI=1S/C15H24N2/c1-11-9-10-16-13-8-6-7-12(15(2,3)4)14(13)17(11)5/h6-8,11,16H,9-10H2,1-5H3. The molecule has 0 bridgehead atoms. The van der Waals surface area contributed by atoms with Crippen LogP contribution in [-0.4, -0.2) is 19.6 Å². The number of rotatable bonds is 0. The van der Waals surface area contributed by atoms with Crippen LogP contribution in [0.4, 0.5) is 11.4 Å². The van der Waals surface area contributed by atoms with Crippen LogP contribution in [0.3, 0.4) is 0 Å². The van der Waals surface area contributed by atoms with Crippen molar-refractivity contribution in [3.63, 3.8) is 0 Å². The van der Waals surface area contributed by atoms with E-state index in [0.29, 0.717) is 6.04 Å². The minimum absolute atomic E-state index is 0.186. The minimum atomic E-state index is 0.186. The van der Waals surface area contributed by atoms with Crippen LogP contribution in [0.15, 0.2) is 18.2 Å². The van der Waals surface area contributed by atoms with E-state index in [4.69, 9.17) is 0 Å². The molecule has 0 fully saturated rings. The van der Waals surface area contributed by atoms with Crippen molar-refractivity contribution in [2.45, 2.75) is 45.6 Å². The highest BCUT2D eigenvalue weighted by Crippen LogP contribution is 2.39. The number of hydrogen-bond donors (Lipinski definition) is 1. The fourth-order valence-corrected chi connectivity index (χ4v) is 2.50. The zero-order chi connectivity index (χ0) is 12.6. The Balaban J connectivity index is 2.58. The van der Waals surface area contributed by atoms with Gasteiger partial charge >= 0.3 is 0 Å². The van der Waals surface area contributed by atoms with Gasteiger partial charge in [0.05, 0.1) is 11.4 Å². The monoisotopic (exact) mass is 232 g/mol. The van der Waals surface area contributed by atoms with Crippen molar-refractivity contribution in [3.8, 4) is 0 Å². The van der Waals surface area contributed by atoms with Gasteiger partial charge in [0.15, 0.2) is 0 Å². The van der Waals surface area contributed by atoms with Gasteiger partial charge in [-0.1, -0.05) is 32.9 Å². The van der Waals surface area contributed by atoms with Gasteiger partial charge in [-0.15, -0.1) is 0 Å². The molecule has 1 aliphatic rings. The third-order valence-corrected chi connectivity index (χ3v) is 3.74. The molecule has 1 atom stereocenters. The molecular formula is C15H24N2. The van der Waals surface area contributed by atoms with E-state index < -0.39 is 0 Å². The third-order valence-electron chi connectivity index (χ3n) is 3.74. The molecule has 1 heterocycles. The SMILES string of the molecule is CC1CCNc2cccc(C(C)(C)C)c2N1C. The normalized spacial score (nSPS) is 20.5. The third kappa shape index (κ3) is 2.26. The Morgan fingerprint density at radius 3 is 2.65 bits per heavy atom. The summed E-state index contributed by atoms with van der Waals surface area (Å²) in [4.78, 5) is 2.43. The maximum atomic E-state index is 3.56. The van der Waals surface area contributed by atoms with Gasteiger partial charge < -0.3 is 10.2 Å². The van der Waals surface area contributed by atoms with E-state index in [9.17, 15) is 0 Å². The molecule has 1 aliphatic heterocycles. The van der Waals surface area contributed by atoms with Gasteiger partial charge in [0.2, 0.25) is 0 Å². The zero-order valence-electron chi connectivity index (χ0n) is 11.7. The summed E-state index contributed by atoms with van der Waals surface area (Å²) in [7, 11) is 2.21. The van der Waals surface area contributed by atoms with Crippen LogP contribution in [0, 0.1) is 0 Å². The molecule has 0 aliphatic carbocycles. The number of benzene rings is 1. The number of hydrogen-bond acceptors (Lipinski definition) is 2. The lowest BCUT2D eigenvalue weighted by atomic mass is 9.85. The second kappa shape index (κ2) is 4.25. The fraction of sp³-hybridized carbons (Fsp3) is 0.600. The zero-order valence-corrected chi connectivity index (χ0v) is 11.7. The van der Waals surface area contributed by atoms with Crippen molar-refractivity contribution in [2.24, 2.45) is 0 Å². The average Bonchev–Trinajstić information content (AvgIpc) is 2.39. The van der Waals surface area contributed by atoms with E-state index in [-0.39, 0.29) is 5.41 Å². The molecule has 0 amide bonds. The molecule has 0 radical (unpaired) electrons. The van der Waals surface area contributed by atoms with Crippen molar-refractivity contribution >= 4 is 11.4 Å². The van der Waals surface area contributed by atoms with E-state index in [0.717, 1.165) is 6.54 Å². The van der Waals surface area contributed by atoms with Crippen LogP contribution >= 0.6 is 0 Å². The Labute approximate surface area is 105 Å². The number of para-hydroxylation sites is 1. The average molecular weight is 232 g/mol. The lowest BCUT2D eigenvalue weighted by molar-refractivity contribution is 0.582. The van der Waals surface area contributed by atoms with Gasteiger partial charge in [0.1, 0.15) is 0 Å². The van der Waals surface area contributed by atoms with Crippen LogP contribution in [0.5, 0.6) is 0 Å². The topological polar surface area (TPSA) is 15.3 Å². The first kappa shape index (κ1) is 12.3. The van der Waals surface area contributed by atoms with Gasteiger partial charge in [0.25, 0.3) is 0 Å². The molecule has 17 heavy (non-hydrogen) atoms. The second-order valence-electron chi connectivity index (χ2n) is 6.13. The van der Waals surface area contributed by atoms with Crippen LogP contribution in [-0.2, 0) is 5.41 Å². The maximum absolute atomic E-state index is 3.56. The molecule has 2 heteroatoms. The summed E-state index contributed by atoms with van der Waals surface area (Å²) in [6.45, 7) is 10.2. The van der Waals surface area contributed by atoms with Crippen molar-refractivity contribution in [2.75, 3.05) is 23.8 Å². The Bertz CT molecular complexity index is 404. The first-order valence-corrected chi connectivity index (χ1v) is 6.51. The predicted molar refractivity (Wildman–Crippen MR) is 76.1 cm³/mol. The molecule has 2 rings (SSSR count). The summed E-state index contributed by atoms with van der Waals surface area (Å²) in [6, 6.07) is 7.21. The van der Waals surface area contributed by atoms with Crippen LogP contribution in [0.2, 0.25) is 0 Å². The van der Waals surface area contributed by atoms with E-state index in [1.807, 2.05) is 0 Å². The first-order chi connectivity index (χ1) is 7.91. The predicted octanol–water partition coefficient (Wildman–Crippen LogP) is 3.62. The van der Waals surface area contributed by atoms with Crippen LogP contribution in [0.1, 0.15) is 39.7 Å². The molecule has 1 aromatic rings. The smallest absolute Gasteiger partial charge is 0.0639 e. The van der Waals surface area contributed by atoms with Gasteiger partial charge in [-0.2, -0.15) is 0 Å². The largest absolute Gasteiger partial charge is 0.383 e. The van der Waals surface area contributed by atoms with Crippen molar-refractivity contribution in [1.29, 1.82) is 0 Å².